The smallest absolute Gasteiger partial charge is 0.344 e. The summed E-state index contributed by atoms with van der Waals surface area (Å²) in [4.78, 5) is 48.8. The van der Waals surface area contributed by atoms with Crippen LogP contribution in [0.2, 0.25) is 0 Å². The molecular formula is C23H32N2O8. The van der Waals surface area contributed by atoms with Crippen LogP contribution in [-0.2, 0) is 28.7 Å². The number of benzene rings is 1. The Labute approximate surface area is 193 Å². The van der Waals surface area contributed by atoms with Gasteiger partial charge in [-0.25, -0.2) is 9.59 Å². The van der Waals surface area contributed by atoms with Crippen LogP contribution in [0.25, 0.3) is 0 Å². The normalized spacial score (nSPS) is 14.2. The highest BCUT2D eigenvalue weighted by Crippen LogP contribution is 2.31. The number of likely N-dealkylation sites (tertiary alicyclic amines) is 1. The predicted octanol–water partition coefficient (Wildman–Crippen LogP) is 2.65. The fourth-order valence-corrected chi connectivity index (χ4v) is 2.83. The number of hydrogen-bond donors (Lipinski definition) is 1. The summed E-state index contributed by atoms with van der Waals surface area (Å²) in [6.45, 7) is 9.73. The minimum absolute atomic E-state index is 0.00127. The second-order valence-corrected chi connectivity index (χ2v) is 9.46. The topological polar surface area (TPSA) is 120 Å². The highest BCUT2D eigenvalue weighted by Gasteiger charge is 2.28. The largest absolute Gasteiger partial charge is 0.478 e. The maximum Gasteiger partial charge on any atom is 0.344 e. The van der Waals surface area contributed by atoms with Gasteiger partial charge < -0.3 is 24.3 Å². The van der Waals surface area contributed by atoms with E-state index in [1.54, 1.807) is 59.7 Å². The Kier molecular flexibility index (Phi) is 8.29. The number of amides is 2. The lowest BCUT2D eigenvalue weighted by atomic mass is 10.2. The van der Waals surface area contributed by atoms with Crippen LogP contribution in [-0.4, -0.2) is 59.7 Å². The molecule has 33 heavy (non-hydrogen) atoms. The summed E-state index contributed by atoms with van der Waals surface area (Å²) in [5, 5.41) is 2.98. The number of rotatable bonds is 9. The maximum absolute atomic E-state index is 12.1. The van der Waals surface area contributed by atoms with E-state index >= 15 is 0 Å². The Hall–Kier alpha value is -3.30. The Balaban J connectivity index is 2.10. The van der Waals surface area contributed by atoms with Crippen molar-refractivity contribution in [1.82, 2.24) is 4.90 Å². The number of ether oxygens (including phenoxy) is 4. The van der Waals surface area contributed by atoms with Gasteiger partial charge in [0, 0.05) is 24.6 Å². The number of esters is 2. The van der Waals surface area contributed by atoms with E-state index in [-0.39, 0.29) is 56.0 Å². The van der Waals surface area contributed by atoms with E-state index in [4.69, 9.17) is 18.9 Å². The van der Waals surface area contributed by atoms with Crippen molar-refractivity contribution in [3.8, 4) is 11.5 Å². The van der Waals surface area contributed by atoms with Gasteiger partial charge in [0.15, 0.2) is 24.7 Å². The molecule has 2 amide bonds. The highest BCUT2D eigenvalue weighted by atomic mass is 16.6. The molecule has 0 radical (unpaired) electrons. The molecule has 182 valence electrons. The third-order valence-electron chi connectivity index (χ3n) is 4.07. The molecule has 0 bridgehead atoms. The van der Waals surface area contributed by atoms with E-state index in [1.165, 1.54) is 0 Å². The number of carbonyl (C=O) groups excluding carboxylic acids is 4. The van der Waals surface area contributed by atoms with E-state index in [9.17, 15) is 19.2 Å². The van der Waals surface area contributed by atoms with Crippen LogP contribution in [0.15, 0.2) is 18.2 Å². The molecule has 10 nitrogen and oxygen atoms in total. The van der Waals surface area contributed by atoms with Crippen molar-refractivity contribution < 1.29 is 38.1 Å². The third-order valence-corrected chi connectivity index (χ3v) is 4.07. The van der Waals surface area contributed by atoms with Gasteiger partial charge >= 0.3 is 11.9 Å². The van der Waals surface area contributed by atoms with Crippen LogP contribution in [0.3, 0.4) is 0 Å². The first-order valence-corrected chi connectivity index (χ1v) is 10.6. The van der Waals surface area contributed by atoms with Gasteiger partial charge in [0.1, 0.15) is 11.2 Å². The average Bonchev–Trinajstić information content (AvgIpc) is 2.98. The lowest BCUT2D eigenvalue weighted by molar-refractivity contribution is -0.158. The van der Waals surface area contributed by atoms with Gasteiger partial charge in [0.05, 0.1) is 6.67 Å². The van der Waals surface area contributed by atoms with Crippen LogP contribution in [0.4, 0.5) is 5.69 Å². The average molecular weight is 465 g/mol. The second kappa shape index (κ2) is 10.5. The van der Waals surface area contributed by atoms with Crippen molar-refractivity contribution in [1.29, 1.82) is 0 Å². The summed E-state index contributed by atoms with van der Waals surface area (Å²) in [5.41, 5.74) is -0.810. The summed E-state index contributed by atoms with van der Waals surface area (Å²) in [6, 6.07) is 4.72. The van der Waals surface area contributed by atoms with Gasteiger partial charge in [-0.2, -0.15) is 0 Å². The van der Waals surface area contributed by atoms with Crippen molar-refractivity contribution in [2.45, 2.75) is 65.6 Å². The molecule has 0 aromatic heterocycles. The number of imide groups is 1. The summed E-state index contributed by atoms with van der Waals surface area (Å²) in [7, 11) is 0. The predicted molar refractivity (Wildman–Crippen MR) is 119 cm³/mol. The molecular weight excluding hydrogens is 432 g/mol. The van der Waals surface area contributed by atoms with Gasteiger partial charge in [-0.1, -0.05) is 0 Å². The van der Waals surface area contributed by atoms with Crippen molar-refractivity contribution in [2.24, 2.45) is 0 Å². The number of hydrogen-bond acceptors (Lipinski definition) is 9. The van der Waals surface area contributed by atoms with Crippen LogP contribution in [0.5, 0.6) is 11.5 Å². The second-order valence-electron chi connectivity index (χ2n) is 9.46. The lowest BCUT2D eigenvalue weighted by Gasteiger charge is -2.21. The Morgan fingerprint density at radius 3 is 1.82 bits per heavy atom. The summed E-state index contributed by atoms with van der Waals surface area (Å²) in [5.74, 6) is -1.24. The van der Waals surface area contributed by atoms with E-state index in [0.717, 1.165) is 4.90 Å². The Bertz CT molecular complexity index is 883. The van der Waals surface area contributed by atoms with Crippen LogP contribution in [0, 0.1) is 0 Å². The molecule has 0 unspecified atom stereocenters. The van der Waals surface area contributed by atoms with Gasteiger partial charge in [-0.15, -0.1) is 0 Å². The van der Waals surface area contributed by atoms with Crippen molar-refractivity contribution in [3.63, 3.8) is 0 Å². The molecule has 1 fully saturated rings. The van der Waals surface area contributed by atoms with Gasteiger partial charge in [-0.3, -0.25) is 14.5 Å². The Morgan fingerprint density at radius 1 is 0.848 bits per heavy atom. The zero-order valence-corrected chi connectivity index (χ0v) is 20.0. The summed E-state index contributed by atoms with van der Waals surface area (Å²) >= 11 is 0. The molecule has 10 heteroatoms. The number of anilines is 1. The molecule has 1 aromatic carbocycles. The zero-order valence-electron chi connectivity index (χ0n) is 20.0. The molecule has 0 spiro atoms. The number of nitrogens with zero attached hydrogens (tertiary/aromatic N) is 1. The van der Waals surface area contributed by atoms with Gasteiger partial charge in [0.25, 0.3) is 0 Å². The minimum atomic E-state index is -0.672. The van der Waals surface area contributed by atoms with Crippen LogP contribution >= 0.6 is 0 Å². The fourth-order valence-electron chi connectivity index (χ4n) is 2.83. The molecule has 0 saturated carbocycles. The molecule has 1 heterocycles. The van der Waals surface area contributed by atoms with Gasteiger partial charge in [0.2, 0.25) is 11.8 Å². The van der Waals surface area contributed by atoms with Crippen LogP contribution in [0.1, 0.15) is 54.4 Å². The SMILES string of the molecule is CC(C)(C)OC(=O)COc1ccc(NCN2C(=O)CCC2=O)cc1OCC(=O)OC(C)(C)C. The van der Waals surface area contributed by atoms with Gasteiger partial charge in [-0.05, 0) is 53.7 Å². The molecule has 2 rings (SSSR count). The van der Waals surface area contributed by atoms with E-state index in [0.29, 0.717) is 5.69 Å². The quantitative estimate of drug-likeness (QED) is 0.434. The van der Waals surface area contributed by atoms with E-state index < -0.39 is 23.1 Å². The summed E-state index contributed by atoms with van der Waals surface area (Å²) < 4.78 is 21.6. The first-order chi connectivity index (χ1) is 15.2. The molecule has 1 N–H and O–H groups in total. The standard InChI is InChI=1S/C23H32N2O8/c1-22(2,3)32-20(28)12-30-16-8-7-15(24-14-25-18(26)9-10-19(25)27)11-17(16)31-13-21(29)33-23(4,5)6/h7-8,11,24H,9-10,12-14H2,1-6H3. The fraction of sp³-hybridized carbons (Fsp3) is 0.565. The summed E-state index contributed by atoms with van der Waals surface area (Å²) in [6.07, 6.45) is 0.393. The lowest BCUT2D eigenvalue weighted by Crippen LogP contribution is -2.33. The first-order valence-electron chi connectivity index (χ1n) is 10.6. The van der Waals surface area contributed by atoms with Crippen LogP contribution < -0.4 is 14.8 Å². The number of carbonyl (C=O) groups is 4. The minimum Gasteiger partial charge on any atom is -0.478 e. The molecule has 1 aliphatic rings. The Morgan fingerprint density at radius 2 is 1.33 bits per heavy atom. The zero-order chi connectivity index (χ0) is 24.8. The maximum atomic E-state index is 12.1. The molecule has 1 aliphatic heterocycles. The third kappa shape index (κ3) is 8.99. The first kappa shape index (κ1) is 26.0. The molecule has 0 atom stereocenters. The van der Waals surface area contributed by atoms with Crippen molar-refractivity contribution in [3.05, 3.63) is 18.2 Å². The molecule has 1 aromatic rings. The molecule has 0 aliphatic carbocycles. The van der Waals surface area contributed by atoms with Crippen molar-refractivity contribution in [2.75, 3.05) is 25.2 Å². The monoisotopic (exact) mass is 464 g/mol. The molecule has 1 saturated heterocycles. The van der Waals surface area contributed by atoms with E-state index in [1.807, 2.05) is 0 Å². The van der Waals surface area contributed by atoms with E-state index in [2.05, 4.69) is 5.32 Å². The highest BCUT2D eigenvalue weighted by molar-refractivity contribution is 6.02. The number of nitrogens with one attached hydrogen (secondary N) is 1. The van der Waals surface area contributed by atoms with Crippen molar-refractivity contribution >= 4 is 29.4 Å².